The van der Waals surface area contributed by atoms with E-state index in [1.807, 2.05) is 0 Å². The van der Waals surface area contributed by atoms with Crippen LogP contribution in [0.5, 0.6) is 74.7 Å². The molecule has 0 amide bonds. The average molecular weight is 731 g/mol. The molecule has 2 aliphatic heterocycles. The quantitative estimate of drug-likeness (QED) is 0.0899. The number of rotatable bonds is 5. The summed E-state index contributed by atoms with van der Waals surface area (Å²) in [4.78, 5) is 13.4. The molecule has 0 saturated heterocycles. The Hall–Kier alpha value is -7.07. The summed E-state index contributed by atoms with van der Waals surface area (Å²) in [7, 11) is 0. The number of fused-ring (bicyclic) bond motifs is 2. The van der Waals surface area contributed by atoms with E-state index in [2.05, 4.69) is 0 Å². The van der Waals surface area contributed by atoms with Gasteiger partial charge in [-0.3, -0.25) is 0 Å². The fourth-order valence-corrected chi connectivity index (χ4v) is 6.72. The van der Waals surface area contributed by atoms with Gasteiger partial charge in [-0.25, -0.2) is 4.79 Å². The van der Waals surface area contributed by atoms with Gasteiger partial charge in [-0.2, -0.15) is 0 Å². The molecule has 2 heterocycles. The number of phenolic OH excluding ortho intramolecular Hbond substituents is 11. The normalized spacial score (nSPS) is 20.4. The second-order valence-corrected chi connectivity index (χ2v) is 12.6. The van der Waals surface area contributed by atoms with Gasteiger partial charge in [0.15, 0.2) is 52.5 Å². The second kappa shape index (κ2) is 12.6. The molecule has 0 radical (unpaired) electrons. The maximum atomic E-state index is 13.4. The number of carbonyl (C=O) groups excluding carboxylic acids is 1. The highest BCUT2D eigenvalue weighted by Crippen LogP contribution is 2.57. The first kappa shape index (κ1) is 34.4. The lowest BCUT2D eigenvalue weighted by molar-refractivity contribution is -0.0210. The Morgan fingerprint density at radius 3 is 1.77 bits per heavy atom. The van der Waals surface area contributed by atoms with Gasteiger partial charge in [0, 0.05) is 46.9 Å². The summed E-state index contributed by atoms with van der Waals surface area (Å²) in [6, 6.07) is 11.9. The van der Waals surface area contributed by atoms with Gasteiger partial charge in [-0.15, -0.1) is 0 Å². The van der Waals surface area contributed by atoms with Gasteiger partial charge in [-0.05, 0) is 42.0 Å². The number of aliphatic hydroxyl groups is 1. The molecule has 0 unspecified atom stereocenters. The Kier molecular flexibility index (Phi) is 8.18. The van der Waals surface area contributed by atoms with Crippen LogP contribution in [-0.4, -0.2) is 79.5 Å². The average Bonchev–Trinajstić information content (AvgIpc) is 3.10. The Bertz CT molecular complexity index is 2280. The Morgan fingerprint density at radius 1 is 0.585 bits per heavy atom. The summed E-state index contributed by atoms with van der Waals surface area (Å²) in [6.07, 6.45) is -6.22. The van der Waals surface area contributed by atoms with Gasteiger partial charge in [0.05, 0.1) is 11.5 Å². The topological polar surface area (TPSA) is 288 Å². The Balaban J connectivity index is 1.39. The zero-order valence-corrected chi connectivity index (χ0v) is 26.9. The first-order chi connectivity index (χ1) is 25.1. The van der Waals surface area contributed by atoms with Crippen molar-refractivity contribution in [1.82, 2.24) is 0 Å². The summed E-state index contributed by atoms with van der Waals surface area (Å²) >= 11 is 0. The van der Waals surface area contributed by atoms with E-state index in [0.29, 0.717) is 0 Å². The molecule has 53 heavy (non-hydrogen) atoms. The molecule has 5 atom stereocenters. The highest BCUT2D eigenvalue weighted by Gasteiger charge is 2.47. The number of esters is 1. The van der Waals surface area contributed by atoms with Gasteiger partial charge in [0.1, 0.15) is 46.7 Å². The van der Waals surface area contributed by atoms with Gasteiger partial charge in [0.2, 0.25) is 0 Å². The van der Waals surface area contributed by atoms with E-state index in [1.165, 1.54) is 12.1 Å². The summed E-state index contributed by atoms with van der Waals surface area (Å²) in [5.74, 6) is -9.84. The fraction of sp³-hybridized carbons (Fsp3) is 0.162. The predicted molar refractivity (Wildman–Crippen MR) is 178 cm³/mol. The van der Waals surface area contributed by atoms with Gasteiger partial charge >= 0.3 is 5.97 Å². The fourth-order valence-electron chi connectivity index (χ4n) is 6.72. The molecule has 5 aromatic rings. The highest BCUT2D eigenvalue weighted by molar-refractivity contribution is 5.91. The van der Waals surface area contributed by atoms with Crippen LogP contribution in [0.1, 0.15) is 56.3 Å². The van der Waals surface area contributed by atoms with Crippen molar-refractivity contribution in [2.24, 2.45) is 0 Å². The third-order valence-corrected chi connectivity index (χ3v) is 9.22. The van der Waals surface area contributed by atoms with E-state index in [4.69, 9.17) is 14.2 Å². The van der Waals surface area contributed by atoms with Gasteiger partial charge < -0.3 is 75.5 Å². The van der Waals surface area contributed by atoms with Crippen LogP contribution < -0.4 is 9.47 Å². The standard InChI is InChI=1S/C37H30O16/c38-16-9-23(44)29-27(10-16)51-35(14-2-4-19(40)22(43)6-14)33(49)31(29)30-24(45)12-20(41)17-11-28(52-37(50)15-7-25(46)32(48)26(47)8-15)34(53-36(17)30)13-1-3-18(39)21(42)5-13/h1-10,12,28,31,33-35,38-49H,11H2/t28-,31-,33-,34+,35+/m0/s1. The van der Waals surface area contributed by atoms with E-state index in [9.17, 15) is 66.1 Å². The van der Waals surface area contributed by atoms with Crippen LogP contribution in [0.4, 0.5) is 0 Å². The zero-order chi connectivity index (χ0) is 38.0. The first-order valence-electron chi connectivity index (χ1n) is 15.8. The van der Waals surface area contributed by atoms with E-state index >= 15 is 0 Å². The molecule has 0 aliphatic carbocycles. The molecular weight excluding hydrogens is 700 g/mol. The summed E-state index contributed by atoms with van der Waals surface area (Å²) in [5.41, 5.74) is -0.556. The van der Waals surface area contributed by atoms with Crippen LogP contribution in [0.25, 0.3) is 0 Å². The van der Waals surface area contributed by atoms with Crippen molar-refractivity contribution in [2.75, 3.05) is 0 Å². The SMILES string of the molecule is O=C(O[C@H]1Cc2c(O)cc(O)c([C@@H]3c4c(O)cc(O)cc4O[C@H](c4ccc(O)c(O)c4)[C@H]3O)c2O[C@@H]1c1ccc(O)c(O)c1)c1cc(O)c(O)c(O)c1. The number of hydrogen-bond donors (Lipinski definition) is 12. The first-order valence-corrected chi connectivity index (χ1v) is 15.8. The Labute approximate surface area is 297 Å². The molecule has 7 rings (SSSR count). The zero-order valence-electron chi connectivity index (χ0n) is 26.9. The summed E-state index contributed by atoms with van der Waals surface area (Å²) < 4.78 is 18.1. The van der Waals surface area contributed by atoms with E-state index < -0.39 is 105 Å². The minimum Gasteiger partial charge on any atom is -0.508 e. The molecule has 0 aromatic heterocycles. The van der Waals surface area contributed by atoms with Crippen LogP contribution in [-0.2, 0) is 11.2 Å². The maximum Gasteiger partial charge on any atom is 0.338 e. The number of ether oxygens (including phenoxy) is 3. The number of benzene rings is 5. The number of carbonyl (C=O) groups is 1. The minimum absolute atomic E-state index is 0.0661. The molecule has 0 saturated carbocycles. The van der Waals surface area contributed by atoms with Gasteiger partial charge in [0.25, 0.3) is 0 Å². The van der Waals surface area contributed by atoms with Crippen molar-refractivity contribution >= 4 is 5.97 Å². The monoisotopic (exact) mass is 730 g/mol. The lowest BCUT2D eigenvalue weighted by atomic mass is 9.77. The molecule has 2 aliphatic rings. The number of aliphatic hydroxyl groups excluding tert-OH is 1. The van der Waals surface area contributed by atoms with Crippen LogP contribution in [0.2, 0.25) is 0 Å². The molecule has 16 heteroatoms. The molecule has 0 spiro atoms. The number of aromatic hydroxyl groups is 11. The highest BCUT2D eigenvalue weighted by atomic mass is 16.6. The van der Waals surface area contributed by atoms with E-state index in [1.54, 1.807) is 0 Å². The third kappa shape index (κ3) is 5.85. The molecule has 274 valence electrons. The van der Waals surface area contributed by atoms with Crippen molar-refractivity contribution < 1.29 is 80.3 Å². The largest absolute Gasteiger partial charge is 0.508 e. The Morgan fingerprint density at radius 2 is 1.17 bits per heavy atom. The second-order valence-electron chi connectivity index (χ2n) is 12.6. The smallest absolute Gasteiger partial charge is 0.338 e. The number of hydrogen-bond acceptors (Lipinski definition) is 16. The van der Waals surface area contributed by atoms with Crippen molar-refractivity contribution in [2.45, 2.75) is 36.8 Å². The van der Waals surface area contributed by atoms with Crippen LogP contribution in [0.15, 0.2) is 66.7 Å². The molecular formula is C37H30O16. The van der Waals surface area contributed by atoms with Crippen LogP contribution >= 0.6 is 0 Å². The van der Waals surface area contributed by atoms with Crippen molar-refractivity contribution in [3.8, 4) is 74.7 Å². The maximum absolute atomic E-state index is 13.4. The van der Waals surface area contributed by atoms with Crippen molar-refractivity contribution in [1.29, 1.82) is 0 Å². The van der Waals surface area contributed by atoms with Crippen molar-refractivity contribution in [3.05, 3.63) is 100 Å². The van der Waals surface area contributed by atoms with E-state index in [-0.39, 0.29) is 45.7 Å². The van der Waals surface area contributed by atoms with Gasteiger partial charge in [-0.1, -0.05) is 12.1 Å². The molecule has 16 nitrogen and oxygen atoms in total. The van der Waals surface area contributed by atoms with Crippen molar-refractivity contribution in [3.63, 3.8) is 0 Å². The molecule has 12 N–H and O–H groups in total. The summed E-state index contributed by atoms with van der Waals surface area (Å²) in [6.45, 7) is 0. The summed E-state index contributed by atoms with van der Waals surface area (Å²) in [5, 5.41) is 126. The third-order valence-electron chi connectivity index (χ3n) is 9.22. The minimum atomic E-state index is -1.72. The lowest BCUT2D eigenvalue weighted by Crippen LogP contribution is -2.38. The predicted octanol–water partition coefficient (Wildman–Crippen LogP) is 3.98. The lowest BCUT2D eigenvalue weighted by Gasteiger charge is -2.40. The molecule has 0 fully saturated rings. The molecule has 0 bridgehead atoms. The van der Waals surface area contributed by atoms with Crippen LogP contribution in [0, 0.1) is 0 Å². The van der Waals surface area contributed by atoms with Crippen LogP contribution in [0.3, 0.4) is 0 Å². The molecule has 5 aromatic carbocycles. The number of phenols is 11. The van der Waals surface area contributed by atoms with E-state index in [0.717, 1.165) is 54.6 Å².